The molecule has 0 aromatic heterocycles. The van der Waals surface area contributed by atoms with Gasteiger partial charge in [0.2, 0.25) is 0 Å². The summed E-state index contributed by atoms with van der Waals surface area (Å²) in [6.45, 7) is 0.686. The maximum Gasteiger partial charge on any atom is 0.269 e. The third kappa shape index (κ3) is 4.82. The molecule has 1 rings (SSSR count). The van der Waals surface area contributed by atoms with Gasteiger partial charge in [-0.25, -0.2) is 0 Å². The highest BCUT2D eigenvalue weighted by Crippen LogP contribution is 2.23. The molecule has 0 unspecified atom stereocenters. The fourth-order valence-corrected chi connectivity index (χ4v) is 1.65. The molecule has 0 spiro atoms. The van der Waals surface area contributed by atoms with Gasteiger partial charge >= 0.3 is 0 Å². The van der Waals surface area contributed by atoms with Gasteiger partial charge in [0.1, 0.15) is 6.10 Å². The van der Waals surface area contributed by atoms with E-state index in [1.165, 1.54) is 31.2 Å². The van der Waals surface area contributed by atoms with Crippen molar-refractivity contribution in [2.45, 2.75) is 23.4 Å². The van der Waals surface area contributed by atoms with Crippen molar-refractivity contribution in [3.63, 3.8) is 0 Å². The molecule has 9 heteroatoms. The van der Waals surface area contributed by atoms with Gasteiger partial charge in [-0.05, 0) is 24.6 Å². The monoisotopic (exact) mass is 336 g/mol. The minimum atomic E-state index is -1.71. The highest BCUT2D eigenvalue weighted by molar-refractivity contribution is 6.57. The maximum absolute atomic E-state index is 11.6. The quantitative estimate of drug-likeness (QED) is 0.411. The number of rotatable bonds is 6. The molecule has 0 saturated heterocycles. The third-order valence-corrected chi connectivity index (χ3v) is 3.08. The lowest BCUT2D eigenvalue weighted by Gasteiger charge is -2.24. The van der Waals surface area contributed by atoms with E-state index in [1.54, 1.807) is 0 Å². The number of non-ortho nitro benzene ring substituents is 1. The molecule has 7 nitrogen and oxygen atoms in total. The van der Waals surface area contributed by atoms with Gasteiger partial charge in [-0.2, -0.15) is 0 Å². The van der Waals surface area contributed by atoms with E-state index in [-0.39, 0.29) is 5.69 Å². The van der Waals surface area contributed by atoms with Crippen LogP contribution in [-0.4, -0.2) is 38.0 Å². The Hall–Kier alpha value is -1.41. The van der Waals surface area contributed by atoms with Crippen molar-refractivity contribution in [1.29, 1.82) is 0 Å². The molecule has 1 aromatic carbocycles. The first-order valence-electron chi connectivity index (χ1n) is 5.89. The molecule has 0 aliphatic heterocycles. The van der Waals surface area contributed by atoms with E-state index in [0.717, 1.165) is 0 Å². The Morgan fingerprint density at radius 1 is 1.43 bits per heavy atom. The number of amides is 1. The Morgan fingerprint density at radius 2 is 1.95 bits per heavy atom. The summed E-state index contributed by atoms with van der Waals surface area (Å²) in [6.07, 6.45) is -1.27. The molecular formula is C12H14Cl2N2O5. The number of hydrogen-bond donors (Lipinski definition) is 3. The first-order valence-corrected chi connectivity index (χ1v) is 6.64. The van der Waals surface area contributed by atoms with Crippen LogP contribution < -0.4 is 5.32 Å². The predicted octanol–water partition coefficient (Wildman–Crippen LogP) is 1.30. The Balaban J connectivity index is 2.85. The lowest BCUT2D eigenvalue weighted by molar-refractivity contribution is -0.384. The molecule has 116 valence electrons. The first-order chi connectivity index (χ1) is 9.66. The highest BCUT2D eigenvalue weighted by Gasteiger charge is 2.31. The third-order valence-electron chi connectivity index (χ3n) is 2.74. The van der Waals surface area contributed by atoms with Crippen molar-refractivity contribution in [2.75, 3.05) is 6.61 Å². The fourth-order valence-electron chi connectivity index (χ4n) is 1.55. The summed E-state index contributed by atoms with van der Waals surface area (Å²) in [7, 11) is 0. The van der Waals surface area contributed by atoms with Crippen molar-refractivity contribution in [3.8, 4) is 0 Å². The zero-order chi connectivity index (χ0) is 16.2. The molecule has 0 saturated carbocycles. The average Bonchev–Trinajstić information content (AvgIpc) is 2.42. The topological polar surface area (TPSA) is 113 Å². The number of carbonyl (C=O) groups excluding carboxylic acids is 1. The number of halogens is 2. The van der Waals surface area contributed by atoms with Gasteiger partial charge in [0.25, 0.3) is 11.6 Å². The zero-order valence-electron chi connectivity index (χ0n) is 11.0. The van der Waals surface area contributed by atoms with Crippen LogP contribution in [0.1, 0.15) is 18.6 Å². The van der Waals surface area contributed by atoms with Gasteiger partial charge in [-0.15, -0.1) is 0 Å². The number of nitro groups is 1. The van der Waals surface area contributed by atoms with Gasteiger partial charge in [-0.3, -0.25) is 14.9 Å². The van der Waals surface area contributed by atoms with Crippen LogP contribution in [0, 0.1) is 10.1 Å². The van der Waals surface area contributed by atoms with E-state index in [0.29, 0.717) is 5.56 Å². The Kier molecular flexibility index (Phi) is 5.91. The summed E-state index contributed by atoms with van der Waals surface area (Å²) in [5.74, 6) is -0.772. The van der Waals surface area contributed by atoms with Crippen LogP contribution in [0.3, 0.4) is 0 Å². The number of nitrogens with one attached hydrogen (secondary N) is 1. The number of nitrogens with zero attached hydrogens (tertiary/aromatic N) is 1. The van der Waals surface area contributed by atoms with Crippen molar-refractivity contribution in [2.24, 2.45) is 0 Å². The summed E-state index contributed by atoms with van der Waals surface area (Å²) in [6, 6.07) is 4.04. The van der Waals surface area contributed by atoms with Gasteiger partial charge in [0, 0.05) is 12.1 Å². The van der Waals surface area contributed by atoms with E-state index in [4.69, 9.17) is 23.2 Å². The van der Waals surface area contributed by atoms with Gasteiger partial charge in [0.05, 0.1) is 17.6 Å². The van der Waals surface area contributed by atoms with E-state index < -0.39 is 33.9 Å². The van der Waals surface area contributed by atoms with Crippen LogP contribution >= 0.6 is 23.2 Å². The van der Waals surface area contributed by atoms with Gasteiger partial charge in [0.15, 0.2) is 4.33 Å². The fraction of sp³-hybridized carbons (Fsp3) is 0.417. The zero-order valence-corrected chi connectivity index (χ0v) is 12.5. The highest BCUT2D eigenvalue weighted by atomic mass is 35.5. The largest absolute Gasteiger partial charge is 0.394 e. The molecule has 21 heavy (non-hydrogen) atoms. The van der Waals surface area contributed by atoms with Gasteiger partial charge in [-0.1, -0.05) is 23.2 Å². The summed E-state index contributed by atoms with van der Waals surface area (Å²) in [5, 5.41) is 32.2. The Bertz CT molecular complexity index is 515. The van der Waals surface area contributed by atoms with Crippen LogP contribution in [0.2, 0.25) is 0 Å². The molecule has 0 heterocycles. The second kappa shape index (κ2) is 7.04. The summed E-state index contributed by atoms with van der Waals surface area (Å²) in [5.41, 5.74) is 0.162. The van der Waals surface area contributed by atoms with Crippen LogP contribution in [0.15, 0.2) is 24.3 Å². The number of benzene rings is 1. The summed E-state index contributed by atoms with van der Waals surface area (Å²) >= 11 is 11.2. The number of alkyl halides is 2. The minimum Gasteiger partial charge on any atom is -0.394 e. The van der Waals surface area contributed by atoms with Crippen LogP contribution in [0.4, 0.5) is 5.69 Å². The molecule has 0 aliphatic rings. The Morgan fingerprint density at radius 3 is 2.33 bits per heavy atom. The molecule has 0 bridgehead atoms. The lowest BCUT2D eigenvalue weighted by atomic mass is 10.0. The standard InChI is InChI=1S/C12H14Cl2N2O5/c1-12(13,14)11(19)15-9(6-17)10(18)7-2-4-8(5-3-7)16(20)21/h2-5,9-10,17-18H,6H2,1H3,(H,15,19)/t9-,10-/m1/s1. The number of carbonyl (C=O) groups is 1. The first kappa shape index (κ1) is 17.6. The number of nitro benzene ring substituents is 1. The van der Waals surface area contributed by atoms with E-state index >= 15 is 0 Å². The molecule has 1 aromatic rings. The lowest BCUT2D eigenvalue weighted by Crippen LogP contribution is -2.47. The van der Waals surface area contributed by atoms with E-state index in [1.807, 2.05) is 0 Å². The molecule has 0 radical (unpaired) electrons. The second-order valence-corrected chi connectivity index (χ2v) is 6.15. The summed E-state index contributed by atoms with van der Waals surface area (Å²) in [4.78, 5) is 21.6. The Labute approximate surface area is 130 Å². The SMILES string of the molecule is CC(Cl)(Cl)C(=O)N[C@H](CO)[C@H](O)c1ccc([N+](=O)[O-])cc1. The summed E-state index contributed by atoms with van der Waals surface area (Å²) < 4.78 is -1.71. The van der Waals surface area contributed by atoms with Crippen LogP contribution in [0.25, 0.3) is 0 Å². The van der Waals surface area contributed by atoms with E-state index in [2.05, 4.69) is 5.32 Å². The molecule has 0 aliphatic carbocycles. The normalized spacial score (nSPS) is 14.3. The van der Waals surface area contributed by atoms with Crippen LogP contribution in [-0.2, 0) is 4.79 Å². The van der Waals surface area contributed by atoms with Crippen molar-refractivity contribution >= 4 is 34.8 Å². The molecular weight excluding hydrogens is 323 g/mol. The predicted molar refractivity (Wildman–Crippen MR) is 77.2 cm³/mol. The number of aliphatic hydroxyl groups excluding tert-OH is 2. The smallest absolute Gasteiger partial charge is 0.269 e. The number of hydrogen-bond acceptors (Lipinski definition) is 5. The number of aliphatic hydroxyl groups is 2. The molecule has 0 fully saturated rings. The van der Waals surface area contributed by atoms with Gasteiger partial charge < -0.3 is 15.5 Å². The molecule has 1 amide bonds. The molecule has 2 atom stereocenters. The van der Waals surface area contributed by atoms with Crippen molar-refractivity contribution < 1.29 is 19.9 Å². The molecule has 3 N–H and O–H groups in total. The second-order valence-electron chi connectivity index (χ2n) is 4.44. The maximum atomic E-state index is 11.6. The average molecular weight is 337 g/mol. The van der Waals surface area contributed by atoms with Crippen molar-refractivity contribution in [1.82, 2.24) is 5.32 Å². The van der Waals surface area contributed by atoms with E-state index in [9.17, 15) is 25.1 Å². The van der Waals surface area contributed by atoms with Crippen LogP contribution in [0.5, 0.6) is 0 Å². The minimum absolute atomic E-state index is 0.135. The van der Waals surface area contributed by atoms with Crippen molar-refractivity contribution in [3.05, 3.63) is 39.9 Å².